The number of hydrogen-bond acceptors (Lipinski definition) is 5. The minimum Gasteiger partial charge on any atom is -0.341 e. The first-order valence-electron chi connectivity index (χ1n) is 11.1. The summed E-state index contributed by atoms with van der Waals surface area (Å²) in [5.41, 5.74) is 0. The predicted octanol–water partition coefficient (Wildman–Crippen LogP) is 2.14. The lowest BCUT2D eigenvalue weighted by molar-refractivity contribution is -0.158. The van der Waals surface area contributed by atoms with Crippen molar-refractivity contribution in [1.29, 1.82) is 0 Å². The Labute approximate surface area is 181 Å². The maximum atomic E-state index is 13.1. The van der Waals surface area contributed by atoms with E-state index < -0.39 is 5.92 Å². The van der Waals surface area contributed by atoms with Crippen LogP contribution in [-0.2, 0) is 19.2 Å². The molecule has 0 aliphatic rings. The minimum atomic E-state index is -0.579. The molecule has 4 amide bonds. The van der Waals surface area contributed by atoms with Crippen molar-refractivity contribution in [3.05, 3.63) is 0 Å². The summed E-state index contributed by atoms with van der Waals surface area (Å²) < 4.78 is 0. The highest BCUT2D eigenvalue weighted by Crippen LogP contribution is 2.23. The Balaban J connectivity index is 0. The van der Waals surface area contributed by atoms with Gasteiger partial charge in [-0.1, -0.05) is 60.3 Å². The van der Waals surface area contributed by atoms with Gasteiger partial charge in [0.1, 0.15) is 0 Å². The second-order valence-electron chi connectivity index (χ2n) is 6.94. The summed E-state index contributed by atoms with van der Waals surface area (Å²) in [5.74, 6) is -0.904. The molecule has 0 rings (SSSR count). The zero-order chi connectivity index (χ0) is 23.4. The fraction of sp³-hybridized carbons (Fsp3) is 0.810. The molecule has 9 nitrogen and oxygen atoms in total. The third-order valence-corrected chi connectivity index (χ3v) is 4.67. The van der Waals surface area contributed by atoms with Gasteiger partial charge in [-0.25, -0.2) is 5.06 Å². The van der Waals surface area contributed by atoms with E-state index in [2.05, 4.69) is 24.5 Å². The Hall–Kier alpha value is -2.16. The molecule has 0 aromatic rings. The average molecular weight is 431 g/mol. The van der Waals surface area contributed by atoms with Gasteiger partial charge in [0.05, 0.1) is 25.7 Å². The van der Waals surface area contributed by atoms with E-state index in [9.17, 15) is 24.4 Å². The molecule has 0 saturated carbocycles. The summed E-state index contributed by atoms with van der Waals surface area (Å²) >= 11 is 0. The summed E-state index contributed by atoms with van der Waals surface area (Å²) in [5, 5.41) is 15.0. The summed E-state index contributed by atoms with van der Waals surface area (Å²) in [6.45, 7) is 10.3. The van der Waals surface area contributed by atoms with Gasteiger partial charge in [0.15, 0.2) is 0 Å². The van der Waals surface area contributed by atoms with E-state index in [4.69, 9.17) is 0 Å². The maximum Gasteiger partial charge on any atom is 0.240 e. The van der Waals surface area contributed by atoms with Crippen LogP contribution in [0.15, 0.2) is 0 Å². The van der Waals surface area contributed by atoms with Crippen LogP contribution in [0.5, 0.6) is 0 Å². The van der Waals surface area contributed by atoms with E-state index in [1.165, 1.54) is 4.90 Å². The Kier molecular flexibility index (Phi) is 20.2. The van der Waals surface area contributed by atoms with E-state index in [0.717, 1.165) is 32.1 Å². The Bertz CT molecular complexity index is 476. The monoisotopic (exact) mass is 430 g/mol. The van der Waals surface area contributed by atoms with Crippen LogP contribution in [0.2, 0.25) is 0 Å². The normalized spacial score (nSPS) is 11.9. The van der Waals surface area contributed by atoms with E-state index in [-0.39, 0.29) is 38.0 Å². The highest BCUT2D eigenvalue weighted by Gasteiger charge is 2.29. The van der Waals surface area contributed by atoms with Gasteiger partial charge >= 0.3 is 0 Å². The molecule has 0 aliphatic heterocycles. The van der Waals surface area contributed by atoms with E-state index in [0.29, 0.717) is 30.4 Å². The molecular formula is C21H42N4O5. The molecule has 0 radical (unpaired) electrons. The van der Waals surface area contributed by atoms with Gasteiger partial charge in [-0.05, 0) is 18.8 Å². The molecule has 0 bridgehead atoms. The molecule has 0 fully saturated rings. The molecule has 0 aromatic carbocycles. The van der Waals surface area contributed by atoms with E-state index >= 15 is 0 Å². The van der Waals surface area contributed by atoms with Crippen molar-refractivity contribution < 1.29 is 24.4 Å². The van der Waals surface area contributed by atoms with E-state index in [1.807, 2.05) is 20.8 Å². The molecule has 0 spiro atoms. The van der Waals surface area contributed by atoms with Gasteiger partial charge in [0.2, 0.25) is 24.6 Å². The van der Waals surface area contributed by atoms with E-state index in [1.54, 1.807) is 0 Å². The third kappa shape index (κ3) is 13.9. The van der Waals surface area contributed by atoms with Crippen LogP contribution >= 0.6 is 0 Å². The first kappa shape index (κ1) is 30.0. The van der Waals surface area contributed by atoms with Crippen LogP contribution in [-0.4, -0.2) is 66.1 Å². The number of rotatable bonds is 17. The second-order valence-corrected chi connectivity index (χ2v) is 6.94. The van der Waals surface area contributed by atoms with Gasteiger partial charge in [-0.2, -0.15) is 0 Å². The molecule has 9 heteroatoms. The highest BCUT2D eigenvalue weighted by atomic mass is 16.5. The quantitative estimate of drug-likeness (QED) is 0.107. The molecule has 0 heterocycles. The fourth-order valence-electron chi connectivity index (χ4n) is 3.12. The molecule has 30 heavy (non-hydrogen) atoms. The van der Waals surface area contributed by atoms with Gasteiger partial charge in [0, 0.05) is 6.54 Å². The summed E-state index contributed by atoms with van der Waals surface area (Å²) in [6.07, 6.45) is 5.75. The SMILES string of the molecule is CC.CCCCN(CC(=O)NCNC=O)C(=O)C(CC(CC)CCC)CN(O)C=O. The number of carbonyl (C=O) groups is 4. The van der Waals surface area contributed by atoms with Crippen molar-refractivity contribution in [2.24, 2.45) is 11.8 Å². The number of nitrogens with zero attached hydrogens (tertiary/aromatic N) is 2. The molecule has 0 aliphatic carbocycles. The lowest BCUT2D eigenvalue weighted by atomic mass is 9.88. The fourth-order valence-corrected chi connectivity index (χ4v) is 3.12. The van der Waals surface area contributed by atoms with Crippen LogP contribution in [0, 0.1) is 11.8 Å². The molecule has 176 valence electrons. The van der Waals surface area contributed by atoms with Crippen molar-refractivity contribution >= 4 is 24.6 Å². The molecule has 2 atom stereocenters. The van der Waals surface area contributed by atoms with Crippen LogP contribution in [0.3, 0.4) is 0 Å². The van der Waals surface area contributed by atoms with Crippen LogP contribution in [0.4, 0.5) is 0 Å². The molecule has 0 aromatic heterocycles. The predicted molar refractivity (Wildman–Crippen MR) is 116 cm³/mol. The topological polar surface area (TPSA) is 119 Å². The molecule has 3 N–H and O–H groups in total. The van der Waals surface area contributed by atoms with Gasteiger partial charge in [-0.15, -0.1) is 0 Å². The lowest BCUT2D eigenvalue weighted by Crippen LogP contribution is -2.47. The van der Waals surface area contributed by atoms with Crippen LogP contribution in [0.25, 0.3) is 0 Å². The summed E-state index contributed by atoms with van der Waals surface area (Å²) in [4.78, 5) is 47.9. The smallest absolute Gasteiger partial charge is 0.240 e. The number of nitrogens with one attached hydrogen (secondary N) is 2. The van der Waals surface area contributed by atoms with Crippen molar-refractivity contribution in [2.75, 3.05) is 26.3 Å². The average Bonchev–Trinajstić information content (AvgIpc) is 2.76. The van der Waals surface area contributed by atoms with Gasteiger partial charge in [0.25, 0.3) is 0 Å². The van der Waals surface area contributed by atoms with Crippen molar-refractivity contribution in [1.82, 2.24) is 20.6 Å². The largest absolute Gasteiger partial charge is 0.341 e. The number of unbranched alkanes of at least 4 members (excludes halogenated alkanes) is 1. The number of carbonyl (C=O) groups excluding carboxylic acids is 4. The minimum absolute atomic E-state index is 0.00839. The maximum absolute atomic E-state index is 13.1. The lowest BCUT2D eigenvalue weighted by Gasteiger charge is -2.30. The second kappa shape index (κ2) is 20.1. The van der Waals surface area contributed by atoms with Crippen LogP contribution in [0.1, 0.15) is 73.1 Å². The Morgan fingerprint density at radius 3 is 2.27 bits per heavy atom. The zero-order valence-electron chi connectivity index (χ0n) is 19.4. The first-order chi connectivity index (χ1) is 14.4. The van der Waals surface area contributed by atoms with Crippen molar-refractivity contribution in [2.45, 2.75) is 73.1 Å². The first-order valence-corrected chi connectivity index (χ1v) is 11.1. The van der Waals surface area contributed by atoms with Crippen molar-refractivity contribution in [3.8, 4) is 0 Å². The summed E-state index contributed by atoms with van der Waals surface area (Å²) in [6, 6.07) is 0. The van der Waals surface area contributed by atoms with Gasteiger partial charge in [-0.3, -0.25) is 24.4 Å². The Morgan fingerprint density at radius 1 is 1.10 bits per heavy atom. The highest BCUT2D eigenvalue weighted by molar-refractivity contribution is 5.86. The van der Waals surface area contributed by atoms with Gasteiger partial charge < -0.3 is 15.5 Å². The molecule has 2 unspecified atom stereocenters. The standard InChI is InChI=1S/C19H36N4O5.C2H6/c1-4-7-9-22(12-18(26)21-13-20-14-24)19(27)17(11-23(28)15-25)10-16(6-3)8-5-2;1-2/h14-17,28H,4-13H2,1-3H3,(H,20,24)(H,21,26);1-2H3. The molecule has 0 saturated heterocycles. The summed E-state index contributed by atoms with van der Waals surface area (Å²) in [7, 11) is 0. The van der Waals surface area contributed by atoms with Crippen molar-refractivity contribution in [3.63, 3.8) is 0 Å². The third-order valence-electron chi connectivity index (χ3n) is 4.67. The number of amides is 4. The zero-order valence-corrected chi connectivity index (χ0v) is 19.4. The number of hydroxylamine groups is 2. The van der Waals surface area contributed by atoms with Crippen LogP contribution < -0.4 is 10.6 Å². The Morgan fingerprint density at radius 2 is 1.77 bits per heavy atom. The molecular weight excluding hydrogens is 388 g/mol. The number of hydrogen-bond donors (Lipinski definition) is 3.